The Labute approximate surface area is 154 Å². The van der Waals surface area contributed by atoms with E-state index in [9.17, 15) is 8.42 Å². The van der Waals surface area contributed by atoms with Gasteiger partial charge in [-0.3, -0.25) is 0 Å². The average molecular weight is 373 g/mol. The Bertz CT molecular complexity index is 1080. The standard InChI is InChI=1S/C19H20N2O4S/c1-12-13(2)25-21-18(12)17-10-6-9-16(19(17)26(20,22)23)15-8-5-4-7-14(15)11-24-3/h4-10H,11H2,1-3H3,(H2,20,22,23)/i3D. The Hall–Kier alpha value is -2.48. The topological polar surface area (TPSA) is 95.4 Å². The van der Waals surface area contributed by atoms with E-state index in [1.165, 1.54) is 0 Å². The van der Waals surface area contributed by atoms with Crippen LogP contribution in [0.2, 0.25) is 0 Å². The van der Waals surface area contributed by atoms with E-state index in [2.05, 4.69) is 5.16 Å². The second kappa shape index (κ2) is 7.03. The van der Waals surface area contributed by atoms with Crippen LogP contribution in [0.15, 0.2) is 51.9 Å². The number of nitrogens with zero attached hydrogens (tertiary/aromatic N) is 1. The first-order valence-corrected chi connectivity index (χ1v) is 9.43. The SMILES string of the molecule is [2H]COCc1ccccc1-c1cccc(-c2noc(C)c2C)c1S(N)(=O)=O. The number of sulfonamides is 1. The molecule has 0 saturated carbocycles. The van der Waals surface area contributed by atoms with Crippen molar-refractivity contribution < 1.29 is 19.0 Å². The normalized spacial score (nSPS) is 12.2. The molecular weight excluding hydrogens is 352 g/mol. The third kappa shape index (κ3) is 3.29. The summed E-state index contributed by atoms with van der Waals surface area (Å²) in [6.45, 7) is 3.77. The number of hydrogen-bond donors (Lipinski definition) is 1. The molecule has 1 heterocycles. The second-order valence-electron chi connectivity index (χ2n) is 5.95. The molecule has 0 aliphatic carbocycles. The maximum absolute atomic E-state index is 12.5. The Balaban J connectivity index is 2.30. The van der Waals surface area contributed by atoms with Crippen LogP contribution >= 0.6 is 0 Å². The Kier molecular flexibility index (Phi) is 4.58. The van der Waals surface area contributed by atoms with Gasteiger partial charge >= 0.3 is 0 Å². The number of rotatable bonds is 5. The summed E-state index contributed by atoms with van der Waals surface area (Å²) < 4.78 is 42.6. The summed E-state index contributed by atoms with van der Waals surface area (Å²) >= 11 is 0. The molecule has 2 aromatic carbocycles. The molecule has 0 radical (unpaired) electrons. The highest BCUT2D eigenvalue weighted by Crippen LogP contribution is 2.37. The van der Waals surface area contributed by atoms with Crippen LogP contribution in [-0.4, -0.2) is 20.7 Å². The molecule has 0 spiro atoms. The lowest BCUT2D eigenvalue weighted by atomic mass is 9.96. The van der Waals surface area contributed by atoms with E-state index < -0.39 is 10.0 Å². The van der Waals surface area contributed by atoms with Crippen molar-refractivity contribution in [1.82, 2.24) is 5.16 Å². The minimum Gasteiger partial charge on any atom is -0.380 e. The highest BCUT2D eigenvalue weighted by atomic mass is 32.2. The third-order valence-corrected chi connectivity index (χ3v) is 5.29. The summed E-state index contributed by atoms with van der Waals surface area (Å²) in [5.41, 5.74) is 3.48. The Morgan fingerprint density at radius 3 is 2.46 bits per heavy atom. The molecule has 3 aromatic rings. The zero-order chi connectivity index (χ0) is 19.6. The minimum absolute atomic E-state index is 0.0141. The molecular formula is C19H20N2O4S. The molecule has 136 valence electrons. The summed E-state index contributed by atoms with van der Waals surface area (Å²) in [6.07, 6.45) is 0. The van der Waals surface area contributed by atoms with Crippen LogP contribution in [0.4, 0.5) is 0 Å². The summed E-state index contributed by atoms with van der Waals surface area (Å²) in [4.78, 5) is -0.0141. The fraction of sp³-hybridized carbons (Fsp3) is 0.211. The largest absolute Gasteiger partial charge is 0.380 e. The monoisotopic (exact) mass is 373 g/mol. The molecule has 1 aromatic heterocycles. The molecule has 26 heavy (non-hydrogen) atoms. The number of nitrogens with two attached hydrogens (primary N) is 1. The molecule has 0 atom stereocenters. The van der Waals surface area contributed by atoms with Crippen LogP contribution in [0.1, 0.15) is 18.3 Å². The van der Waals surface area contributed by atoms with Crippen LogP contribution in [0, 0.1) is 13.8 Å². The number of hydrogen-bond acceptors (Lipinski definition) is 5. The van der Waals surface area contributed by atoms with Gasteiger partial charge in [-0.25, -0.2) is 13.6 Å². The summed E-state index contributed by atoms with van der Waals surface area (Å²) in [5, 5.41) is 9.61. The second-order valence-corrected chi connectivity index (χ2v) is 7.44. The molecule has 0 saturated heterocycles. The number of primary sulfonamides is 1. The quantitative estimate of drug-likeness (QED) is 0.739. The first-order chi connectivity index (χ1) is 12.8. The number of benzene rings is 2. The first kappa shape index (κ1) is 17.0. The average Bonchev–Trinajstić information content (AvgIpc) is 2.97. The minimum atomic E-state index is -4.06. The van der Waals surface area contributed by atoms with Crippen molar-refractivity contribution in [2.24, 2.45) is 5.14 Å². The van der Waals surface area contributed by atoms with Gasteiger partial charge in [0.05, 0.1) is 12.9 Å². The van der Waals surface area contributed by atoms with Gasteiger partial charge in [-0.15, -0.1) is 0 Å². The number of methoxy groups -OCH3 is 1. The van der Waals surface area contributed by atoms with Gasteiger partial charge in [0.1, 0.15) is 11.5 Å². The van der Waals surface area contributed by atoms with Gasteiger partial charge in [-0.05, 0) is 25.0 Å². The lowest BCUT2D eigenvalue weighted by molar-refractivity contribution is 0.185. The molecule has 0 amide bonds. The van der Waals surface area contributed by atoms with Crippen LogP contribution < -0.4 is 5.14 Å². The van der Waals surface area contributed by atoms with Crippen molar-refractivity contribution in [2.45, 2.75) is 25.3 Å². The van der Waals surface area contributed by atoms with Crippen LogP contribution in [0.3, 0.4) is 0 Å². The summed E-state index contributed by atoms with van der Waals surface area (Å²) in [6, 6.07) is 12.4. The van der Waals surface area contributed by atoms with Crippen molar-refractivity contribution in [3.05, 3.63) is 59.4 Å². The molecule has 0 aliphatic rings. The Morgan fingerprint density at radius 2 is 1.81 bits per heavy atom. The fourth-order valence-corrected chi connectivity index (χ4v) is 3.89. The lowest BCUT2D eigenvalue weighted by Crippen LogP contribution is -2.15. The molecule has 0 unspecified atom stereocenters. The molecule has 0 fully saturated rings. The summed E-state index contributed by atoms with van der Waals surface area (Å²) in [7, 11) is -4.25. The van der Waals surface area contributed by atoms with Gasteiger partial charge in [-0.2, -0.15) is 0 Å². The van der Waals surface area contributed by atoms with Gasteiger partial charge < -0.3 is 9.26 Å². The Morgan fingerprint density at radius 1 is 1.12 bits per heavy atom. The van der Waals surface area contributed by atoms with Gasteiger partial charge in [0.15, 0.2) is 0 Å². The van der Waals surface area contributed by atoms with Crippen molar-refractivity contribution in [3.8, 4) is 22.4 Å². The van der Waals surface area contributed by atoms with Crippen molar-refractivity contribution >= 4 is 10.0 Å². The lowest BCUT2D eigenvalue weighted by Gasteiger charge is -2.15. The molecule has 0 aliphatic heterocycles. The number of aromatic nitrogens is 1. The van der Waals surface area contributed by atoms with E-state index in [-0.39, 0.29) is 18.6 Å². The predicted molar refractivity (Wildman–Crippen MR) is 98.9 cm³/mol. The molecule has 3 rings (SSSR count). The highest BCUT2D eigenvalue weighted by Gasteiger charge is 2.25. The first-order valence-electron chi connectivity index (χ1n) is 8.59. The smallest absolute Gasteiger partial charge is 0.239 e. The van der Waals surface area contributed by atoms with E-state index in [0.717, 1.165) is 11.1 Å². The van der Waals surface area contributed by atoms with Crippen LogP contribution in [0.5, 0.6) is 0 Å². The highest BCUT2D eigenvalue weighted by molar-refractivity contribution is 7.89. The van der Waals surface area contributed by atoms with Crippen molar-refractivity contribution in [2.75, 3.05) is 7.09 Å². The predicted octanol–water partition coefficient (Wildman–Crippen LogP) is 3.42. The van der Waals surface area contributed by atoms with Gasteiger partial charge in [0.25, 0.3) is 0 Å². The van der Waals surface area contributed by atoms with E-state index in [1.807, 2.05) is 25.1 Å². The number of ether oxygens (including phenoxy) is 1. The van der Waals surface area contributed by atoms with E-state index in [1.54, 1.807) is 31.2 Å². The van der Waals surface area contributed by atoms with Crippen LogP contribution in [0.25, 0.3) is 22.4 Å². The molecule has 7 heteroatoms. The maximum atomic E-state index is 12.5. The maximum Gasteiger partial charge on any atom is 0.239 e. The van der Waals surface area contributed by atoms with Gasteiger partial charge in [0, 0.05) is 23.8 Å². The van der Waals surface area contributed by atoms with Crippen LogP contribution in [-0.2, 0) is 21.4 Å². The zero-order valence-corrected chi connectivity index (χ0v) is 15.3. The van der Waals surface area contributed by atoms with Crippen molar-refractivity contribution in [1.29, 1.82) is 0 Å². The van der Waals surface area contributed by atoms with Crippen molar-refractivity contribution in [3.63, 3.8) is 0 Å². The molecule has 6 nitrogen and oxygen atoms in total. The zero-order valence-electron chi connectivity index (χ0n) is 15.5. The number of aryl methyl sites for hydroxylation is 1. The van der Waals surface area contributed by atoms with E-state index in [4.69, 9.17) is 15.8 Å². The molecule has 0 bridgehead atoms. The third-order valence-electron chi connectivity index (χ3n) is 4.28. The van der Waals surface area contributed by atoms with Gasteiger partial charge in [-0.1, -0.05) is 47.6 Å². The summed E-state index contributed by atoms with van der Waals surface area (Å²) in [5.74, 6) is 0.611. The molecule has 2 N–H and O–H groups in total. The fourth-order valence-electron chi connectivity index (χ4n) is 2.93. The van der Waals surface area contributed by atoms with E-state index >= 15 is 0 Å². The van der Waals surface area contributed by atoms with E-state index in [0.29, 0.717) is 28.1 Å². The van der Waals surface area contributed by atoms with Gasteiger partial charge in [0.2, 0.25) is 10.0 Å².